The van der Waals surface area contributed by atoms with Crippen LogP contribution in [0.5, 0.6) is 0 Å². The van der Waals surface area contributed by atoms with Gasteiger partial charge >= 0.3 is 0 Å². The molecular formula is C74H133NO13. The second-order valence-corrected chi connectivity index (χ2v) is 25.3. The molecule has 12 atom stereocenters. The van der Waals surface area contributed by atoms with Gasteiger partial charge in [-0.15, -0.1) is 0 Å². The number of rotatable bonds is 59. The lowest BCUT2D eigenvalue weighted by Crippen LogP contribution is -2.65. The van der Waals surface area contributed by atoms with E-state index in [9.17, 15) is 45.6 Å². The number of allylic oxidation sites excluding steroid dienone is 11. The summed E-state index contributed by atoms with van der Waals surface area (Å²) in [6, 6.07) is -0.940. The number of nitrogens with one attached hydrogen (secondary N) is 1. The number of hydrogen-bond donors (Lipinski definition) is 9. The van der Waals surface area contributed by atoms with Crippen LogP contribution >= 0.6 is 0 Å². The second-order valence-electron chi connectivity index (χ2n) is 25.3. The van der Waals surface area contributed by atoms with Crippen molar-refractivity contribution in [2.75, 3.05) is 19.8 Å². The van der Waals surface area contributed by atoms with Crippen LogP contribution < -0.4 is 5.32 Å². The number of amides is 1. The highest BCUT2D eigenvalue weighted by Crippen LogP contribution is 2.30. The first-order valence-corrected chi connectivity index (χ1v) is 36.2. The van der Waals surface area contributed by atoms with Crippen LogP contribution in [0.25, 0.3) is 0 Å². The van der Waals surface area contributed by atoms with Gasteiger partial charge in [0.25, 0.3) is 0 Å². The highest BCUT2D eigenvalue weighted by atomic mass is 16.7. The van der Waals surface area contributed by atoms with Crippen molar-refractivity contribution in [3.8, 4) is 0 Å². The van der Waals surface area contributed by atoms with Gasteiger partial charge in [-0.25, -0.2) is 0 Å². The fourth-order valence-corrected chi connectivity index (χ4v) is 11.6. The molecule has 88 heavy (non-hydrogen) atoms. The Hall–Kier alpha value is -2.57. The predicted molar refractivity (Wildman–Crippen MR) is 360 cm³/mol. The molecule has 2 rings (SSSR count). The Morgan fingerprint density at radius 1 is 0.409 bits per heavy atom. The minimum atomic E-state index is -1.79. The monoisotopic (exact) mass is 1240 g/mol. The van der Waals surface area contributed by atoms with Gasteiger partial charge in [0, 0.05) is 6.42 Å². The van der Waals surface area contributed by atoms with E-state index in [1.165, 1.54) is 205 Å². The topological polar surface area (TPSA) is 228 Å². The molecule has 2 heterocycles. The molecular weight excluding hydrogens is 1110 g/mol. The maximum atomic E-state index is 13.3. The zero-order valence-corrected chi connectivity index (χ0v) is 55.7. The summed E-state index contributed by atoms with van der Waals surface area (Å²) in [4.78, 5) is 13.3. The van der Waals surface area contributed by atoms with E-state index in [1.54, 1.807) is 6.08 Å². The largest absolute Gasteiger partial charge is 0.394 e. The zero-order chi connectivity index (χ0) is 63.8. The van der Waals surface area contributed by atoms with Crippen LogP contribution in [0.2, 0.25) is 0 Å². The van der Waals surface area contributed by atoms with Gasteiger partial charge in [-0.3, -0.25) is 4.79 Å². The Morgan fingerprint density at radius 3 is 1.19 bits per heavy atom. The molecule has 0 bridgehead atoms. The first-order chi connectivity index (χ1) is 43.1. The SMILES string of the molecule is CCCCCCC/C=C\C/C=C\C/C=C\CCCCCCCCCCCCCCCCCCCCCCCCC(=O)NC(COC1OC(CO)C(OC2OC(CO)C(O)C(O)C2O)C(O)C1O)C(O)/C=C/CC/C=C/CC/C=C/CCCCCCCCC. The van der Waals surface area contributed by atoms with E-state index in [4.69, 9.17) is 18.9 Å². The van der Waals surface area contributed by atoms with E-state index in [0.29, 0.717) is 12.8 Å². The molecule has 9 N–H and O–H groups in total. The summed E-state index contributed by atoms with van der Waals surface area (Å²) in [6.45, 7) is 2.77. The Bertz CT molecular complexity index is 1750. The molecule has 0 radical (unpaired) electrons. The minimum Gasteiger partial charge on any atom is -0.394 e. The number of carbonyl (C=O) groups excluding carboxylic acids is 1. The minimum absolute atomic E-state index is 0.251. The van der Waals surface area contributed by atoms with E-state index < -0.39 is 86.8 Å². The molecule has 512 valence electrons. The summed E-state index contributed by atoms with van der Waals surface area (Å²) in [7, 11) is 0. The lowest BCUT2D eigenvalue weighted by Gasteiger charge is -2.46. The molecule has 0 spiro atoms. The molecule has 2 aliphatic rings. The van der Waals surface area contributed by atoms with Crippen LogP contribution in [-0.4, -0.2) is 140 Å². The predicted octanol–water partition coefficient (Wildman–Crippen LogP) is 15.0. The van der Waals surface area contributed by atoms with Crippen molar-refractivity contribution < 1.29 is 64.6 Å². The average molecular weight is 1240 g/mol. The standard InChI is InChI=1S/C74H133NO13/c1-3-5-7-9-11-13-15-17-19-21-22-23-24-25-26-27-28-29-30-31-32-33-34-35-36-37-38-39-40-42-44-46-48-50-52-54-56-58-66(79)75-62(63(78)57-55-53-51-49-47-45-43-41-20-18-16-14-12-10-8-6-4-2)61-85-73-71(84)69(82)72(65(60-77)87-73)88-74-70(83)68(81)67(80)64(59-76)86-74/h15,17,20-22,24-25,41,47,49,55,57,62-65,67-74,76-78,80-84H,3-14,16,18-19,23,26-40,42-46,48,50-54,56,58-61H2,1-2H3,(H,75,79)/b17-15-,22-21-,25-24-,41-20+,49-47+,57-55+. The molecule has 0 aromatic carbocycles. The third-order valence-electron chi connectivity index (χ3n) is 17.3. The molecule has 0 aromatic rings. The first kappa shape index (κ1) is 81.5. The van der Waals surface area contributed by atoms with E-state index >= 15 is 0 Å². The summed E-state index contributed by atoms with van der Waals surface area (Å²) >= 11 is 0. The summed E-state index contributed by atoms with van der Waals surface area (Å²) in [6.07, 6.45) is 62.6. The van der Waals surface area contributed by atoms with Crippen molar-refractivity contribution in [2.24, 2.45) is 0 Å². The lowest BCUT2D eigenvalue weighted by atomic mass is 9.97. The number of hydrogen-bond acceptors (Lipinski definition) is 13. The van der Waals surface area contributed by atoms with Crippen molar-refractivity contribution in [3.63, 3.8) is 0 Å². The van der Waals surface area contributed by atoms with Crippen LogP contribution in [0.3, 0.4) is 0 Å². The maximum Gasteiger partial charge on any atom is 0.220 e. The van der Waals surface area contributed by atoms with E-state index in [-0.39, 0.29) is 18.9 Å². The van der Waals surface area contributed by atoms with Crippen LogP contribution in [0, 0.1) is 0 Å². The van der Waals surface area contributed by atoms with Crippen LogP contribution in [0.4, 0.5) is 0 Å². The van der Waals surface area contributed by atoms with Crippen molar-refractivity contribution in [1.82, 2.24) is 5.32 Å². The van der Waals surface area contributed by atoms with Crippen molar-refractivity contribution in [1.29, 1.82) is 0 Å². The van der Waals surface area contributed by atoms with Gasteiger partial charge in [0.05, 0.1) is 32.0 Å². The fraction of sp³-hybridized carbons (Fsp3) is 0.824. The number of ether oxygens (including phenoxy) is 4. The molecule has 12 unspecified atom stereocenters. The van der Waals surface area contributed by atoms with Gasteiger partial charge in [-0.2, -0.15) is 0 Å². The Balaban J connectivity index is 1.61. The normalized spacial score (nSPS) is 23.6. The molecule has 2 aliphatic heterocycles. The lowest BCUT2D eigenvalue weighted by molar-refractivity contribution is -0.359. The summed E-state index contributed by atoms with van der Waals surface area (Å²) in [5, 5.41) is 87.3. The van der Waals surface area contributed by atoms with Crippen LogP contribution in [-0.2, 0) is 23.7 Å². The number of aliphatic hydroxyl groups excluding tert-OH is 8. The van der Waals surface area contributed by atoms with Gasteiger partial charge in [-0.1, -0.05) is 279 Å². The zero-order valence-electron chi connectivity index (χ0n) is 55.7. The van der Waals surface area contributed by atoms with Gasteiger partial charge in [-0.05, 0) is 83.5 Å². The van der Waals surface area contributed by atoms with E-state index in [0.717, 1.165) is 57.8 Å². The van der Waals surface area contributed by atoms with E-state index in [1.807, 2.05) is 6.08 Å². The quantitative estimate of drug-likeness (QED) is 0.0204. The fourth-order valence-electron chi connectivity index (χ4n) is 11.6. The average Bonchev–Trinajstić information content (AvgIpc) is 2.07. The molecule has 14 heteroatoms. The third kappa shape index (κ3) is 41.8. The maximum absolute atomic E-state index is 13.3. The Morgan fingerprint density at radius 2 is 0.761 bits per heavy atom. The molecule has 2 fully saturated rings. The smallest absolute Gasteiger partial charge is 0.220 e. The van der Waals surface area contributed by atoms with Gasteiger partial charge in [0.2, 0.25) is 5.91 Å². The summed E-state index contributed by atoms with van der Waals surface area (Å²) in [5.74, 6) is -0.251. The third-order valence-corrected chi connectivity index (χ3v) is 17.3. The Labute approximate surface area is 536 Å². The van der Waals surface area contributed by atoms with Crippen molar-refractivity contribution >= 4 is 5.91 Å². The molecule has 14 nitrogen and oxygen atoms in total. The van der Waals surface area contributed by atoms with Crippen LogP contribution in [0.15, 0.2) is 72.9 Å². The molecule has 0 aliphatic carbocycles. The van der Waals surface area contributed by atoms with Gasteiger partial charge in [0.1, 0.15) is 48.8 Å². The first-order valence-electron chi connectivity index (χ1n) is 36.2. The van der Waals surface area contributed by atoms with Crippen molar-refractivity contribution in [3.05, 3.63) is 72.9 Å². The summed E-state index contributed by atoms with van der Waals surface area (Å²) < 4.78 is 22.8. The van der Waals surface area contributed by atoms with Gasteiger partial charge < -0.3 is 65.1 Å². The van der Waals surface area contributed by atoms with Crippen molar-refractivity contribution in [2.45, 2.75) is 370 Å². The molecule has 2 saturated heterocycles. The van der Waals surface area contributed by atoms with E-state index in [2.05, 4.69) is 79.9 Å². The molecule has 0 saturated carbocycles. The number of aliphatic hydroxyl groups is 8. The summed E-state index contributed by atoms with van der Waals surface area (Å²) in [5.41, 5.74) is 0. The Kier molecular flexibility index (Phi) is 54.0. The molecule has 0 aromatic heterocycles. The van der Waals surface area contributed by atoms with Gasteiger partial charge in [0.15, 0.2) is 12.6 Å². The van der Waals surface area contributed by atoms with Crippen LogP contribution in [0.1, 0.15) is 296 Å². The number of unbranched alkanes of at least 4 members (excludes halogenated alkanes) is 36. The highest BCUT2D eigenvalue weighted by Gasteiger charge is 2.51. The second kappa shape index (κ2) is 58.3. The highest BCUT2D eigenvalue weighted by molar-refractivity contribution is 5.76. The number of carbonyl (C=O) groups is 1. The molecule has 1 amide bonds.